The first-order valence-electron chi connectivity index (χ1n) is 6.83. The maximum atomic E-state index is 12.8. The summed E-state index contributed by atoms with van der Waals surface area (Å²) in [6.07, 6.45) is -4.46. The van der Waals surface area contributed by atoms with E-state index < -0.39 is 36.0 Å². The molecule has 1 atom stereocenters. The fraction of sp³-hybridized carbons (Fsp3) is 0.571. The summed E-state index contributed by atoms with van der Waals surface area (Å²) in [5, 5.41) is 0.148. The van der Waals surface area contributed by atoms with Gasteiger partial charge in [-0.1, -0.05) is 11.6 Å². The Bertz CT molecular complexity index is 562. The molecule has 0 aliphatic carbocycles. The quantitative estimate of drug-likeness (QED) is 0.831. The first-order valence-corrected chi connectivity index (χ1v) is 7.21. The van der Waals surface area contributed by atoms with E-state index in [1.54, 1.807) is 0 Å². The number of benzene rings is 1. The fourth-order valence-electron chi connectivity index (χ4n) is 2.16. The van der Waals surface area contributed by atoms with Crippen LogP contribution >= 0.6 is 11.6 Å². The van der Waals surface area contributed by atoms with Gasteiger partial charge in [0, 0.05) is 5.02 Å². The molecule has 0 aromatic heterocycles. The van der Waals surface area contributed by atoms with Crippen molar-refractivity contribution >= 4 is 18.7 Å². The first kappa shape index (κ1) is 17.6. The zero-order valence-electron chi connectivity index (χ0n) is 12.8. The third-order valence-electron chi connectivity index (χ3n) is 4.25. The highest BCUT2D eigenvalue weighted by Gasteiger charge is 2.53. The van der Waals surface area contributed by atoms with E-state index in [0.29, 0.717) is 0 Å². The monoisotopic (exact) mass is 335 g/mol. The van der Waals surface area contributed by atoms with E-state index in [1.165, 1.54) is 6.07 Å². The molecule has 3 nitrogen and oxygen atoms in total. The summed E-state index contributed by atoms with van der Waals surface area (Å²) in [5.41, 5.74) is 4.15. The molecule has 1 saturated heterocycles. The molecule has 2 N–H and O–H groups in total. The Morgan fingerprint density at radius 2 is 1.64 bits per heavy atom. The normalized spacial score (nSPS) is 22.0. The van der Waals surface area contributed by atoms with Crippen molar-refractivity contribution in [3.63, 3.8) is 0 Å². The van der Waals surface area contributed by atoms with Crippen molar-refractivity contribution in [2.45, 2.75) is 51.0 Å². The van der Waals surface area contributed by atoms with Crippen LogP contribution in [0.3, 0.4) is 0 Å². The highest BCUT2D eigenvalue weighted by atomic mass is 35.5. The summed E-state index contributed by atoms with van der Waals surface area (Å²) in [5.74, 6) is -0.921. The lowest BCUT2D eigenvalue weighted by Crippen LogP contribution is -2.41. The van der Waals surface area contributed by atoms with Crippen LogP contribution in [0, 0.1) is 0 Å². The molecule has 2 rings (SSSR count). The molecular formula is C14H18BClF3NO2. The Hall–Kier alpha value is -0.755. The summed E-state index contributed by atoms with van der Waals surface area (Å²) >= 11 is 6.00. The third-order valence-corrected chi connectivity index (χ3v) is 4.59. The van der Waals surface area contributed by atoms with Gasteiger partial charge >= 0.3 is 13.3 Å². The van der Waals surface area contributed by atoms with Crippen LogP contribution in [-0.4, -0.2) is 18.3 Å². The van der Waals surface area contributed by atoms with Crippen molar-refractivity contribution in [2.75, 3.05) is 0 Å². The van der Waals surface area contributed by atoms with E-state index in [9.17, 15) is 13.2 Å². The standard InChI is InChI=1S/C14H18BClF3NO2/c1-12(2)13(3,4)22-15(21-12)11(20)9-7-8(14(17,18)19)5-6-10(9)16/h5-7,11H,20H2,1-4H3/t11-/m1/s1. The lowest BCUT2D eigenvalue weighted by Gasteiger charge is -2.32. The summed E-state index contributed by atoms with van der Waals surface area (Å²) in [6.45, 7) is 7.36. The SMILES string of the molecule is CC1(C)OB([C@H](N)c2cc(C(F)(F)F)ccc2Cl)OC1(C)C. The Morgan fingerprint density at radius 3 is 2.09 bits per heavy atom. The molecule has 1 aromatic carbocycles. The number of nitrogens with two attached hydrogens (primary N) is 1. The average molecular weight is 336 g/mol. The molecule has 1 aliphatic heterocycles. The second kappa shape index (κ2) is 5.41. The van der Waals surface area contributed by atoms with Gasteiger partial charge in [0.1, 0.15) is 0 Å². The van der Waals surface area contributed by atoms with Crippen LogP contribution in [-0.2, 0) is 15.5 Å². The number of halogens is 4. The van der Waals surface area contributed by atoms with Crippen molar-refractivity contribution in [1.29, 1.82) is 0 Å². The van der Waals surface area contributed by atoms with Gasteiger partial charge in [-0.05, 0) is 51.5 Å². The van der Waals surface area contributed by atoms with Crippen molar-refractivity contribution in [3.05, 3.63) is 34.3 Å². The Labute approximate surface area is 133 Å². The van der Waals surface area contributed by atoms with Gasteiger partial charge in [0.15, 0.2) is 0 Å². The van der Waals surface area contributed by atoms with Gasteiger partial charge in [-0.25, -0.2) is 0 Å². The van der Waals surface area contributed by atoms with Crippen molar-refractivity contribution < 1.29 is 22.5 Å². The summed E-state index contributed by atoms with van der Waals surface area (Å²) in [7, 11) is -0.869. The van der Waals surface area contributed by atoms with Gasteiger partial charge in [0.2, 0.25) is 0 Å². The number of hydrogen-bond donors (Lipinski definition) is 1. The average Bonchev–Trinajstić information content (AvgIpc) is 2.56. The third kappa shape index (κ3) is 3.13. The van der Waals surface area contributed by atoms with Gasteiger partial charge in [-0.2, -0.15) is 13.2 Å². The molecule has 1 aliphatic rings. The van der Waals surface area contributed by atoms with E-state index in [4.69, 9.17) is 26.6 Å². The van der Waals surface area contributed by atoms with E-state index in [1.807, 2.05) is 27.7 Å². The fourth-order valence-corrected chi connectivity index (χ4v) is 2.40. The van der Waals surface area contributed by atoms with Crippen LogP contribution in [0.4, 0.5) is 13.2 Å². The minimum atomic E-state index is -4.46. The highest BCUT2D eigenvalue weighted by molar-refractivity contribution is 6.48. The van der Waals surface area contributed by atoms with E-state index >= 15 is 0 Å². The summed E-state index contributed by atoms with van der Waals surface area (Å²) in [4.78, 5) is 0. The van der Waals surface area contributed by atoms with Crippen LogP contribution in [0.1, 0.15) is 44.8 Å². The van der Waals surface area contributed by atoms with Crippen LogP contribution in [0.25, 0.3) is 0 Å². The van der Waals surface area contributed by atoms with E-state index in [2.05, 4.69) is 0 Å². The second-order valence-corrected chi connectivity index (χ2v) is 6.79. The molecule has 0 bridgehead atoms. The van der Waals surface area contributed by atoms with E-state index in [0.717, 1.165) is 12.1 Å². The summed E-state index contributed by atoms with van der Waals surface area (Å²) in [6, 6.07) is 3.05. The first-order chi connectivity index (χ1) is 9.85. The smallest absolute Gasteiger partial charge is 0.402 e. The summed E-state index contributed by atoms with van der Waals surface area (Å²) < 4.78 is 50.1. The lowest BCUT2D eigenvalue weighted by molar-refractivity contribution is -0.137. The maximum absolute atomic E-state index is 12.8. The van der Waals surface area contributed by atoms with Crippen molar-refractivity contribution in [3.8, 4) is 0 Å². The largest absolute Gasteiger partial charge is 0.480 e. The second-order valence-electron chi connectivity index (χ2n) is 6.38. The molecule has 22 heavy (non-hydrogen) atoms. The van der Waals surface area contributed by atoms with Crippen LogP contribution < -0.4 is 5.73 Å². The molecule has 122 valence electrons. The number of rotatable bonds is 2. The molecule has 0 radical (unpaired) electrons. The zero-order valence-corrected chi connectivity index (χ0v) is 13.5. The molecule has 0 saturated carbocycles. The zero-order chi connectivity index (χ0) is 16.9. The van der Waals surface area contributed by atoms with Crippen molar-refractivity contribution in [2.24, 2.45) is 5.73 Å². The van der Waals surface area contributed by atoms with E-state index in [-0.39, 0.29) is 10.6 Å². The van der Waals surface area contributed by atoms with Gasteiger partial charge in [0.25, 0.3) is 0 Å². The van der Waals surface area contributed by atoms with Gasteiger partial charge in [0.05, 0.1) is 22.7 Å². The molecule has 1 heterocycles. The van der Waals surface area contributed by atoms with Crippen molar-refractivity contribution in [1.82, 2.24) is 0 Å². The Balaban J connectivity index is 2.33. The molecule has 0 spiro atoms. The lowest BCUT2D eigenvalue weighted by atomic mass is 9.74. The molecule has 0 amide bonds. The molecule has 8 heteroatoms. The molecule has 0 unspecified atom stereocenters. The minimum Gasteiger partial charge on any atom is -0.402 e. The molecule has 1 aromatic rings. The predicted octanol–water partition coefficient (Wildman–Crippen LogP) is 3.99. The highest BCUT2D eigenvalue weighted by Crippen LogP contribution is 2.41. The minimum absolute atomic E-state index is 0.148. The van der Waals surface area contributed by atoms with Crippen LogP contribution in [0.15, 0.2) is 18.2 Å². The Kier molecular flexibility index (Phi) is 4.32. The van der Waals surface area contributed by atoms with Gasteiger partial charge in [-0.15, -0.1) is 0 Å². The van der Waals surface area contributed by atoms with Crippen LogP contribution in [0.2, 0.25) is 5.02 Å². The Morgan fingerprint density at radius 1 is 1.14 bits per heavy atom. The van der Waals surface area contributed by atoms with Crippen LogP contribution in [0.5, 0.6) is 0 Å². The van der Waals surface area contributed by atoms with Gasteiger partial charge in [-0.3, -0.25) is 0 Å². The number of hydrogen-bond acceptors (Lipinski definition) is 3. The topological polar surface area (TPSA) is 44.5 Å². The van der Waals surface area contributed by atoms with Gasteiger partial charge < -0.3 is 15.0 Å². The number of alkyl halides is 3. The molecular weight excluding hydrogens is 317 g/mol. The predicted molar refractivity (Wildman–Crippen MR) is 79.5 cm³/mol. The maximum Gasteiger partial charge on any atom is 0.480 e. The molecule has 1 fully saturated rings.